The Bertz CT molecular complexity index is 900. The minimum Gasteiger partial charge on any atom is -0.0995 e. The fourth-order valence-corrected chi connectivity index (χ4v) is 6.68. The molecule has 0 N–H and O–H groups in total. The van der Waals surface area contributed by atoms with Gasteiger partial charge in [0, 0.05) is 5.92 Å². The molecule has 4 rings (SSSR count). The smallest absolute Gasteiger partial charge is 0.00491 e. The summed E-state index contributed by atoms with van der Waals surface area (Å²) in [6.45, 7) is 13.6. The second-order valence-corrected chi connectivity index (χ2v) is 11.2. The highest BCUT2D eigenvalue weighted by molar-refractivity contribution is 5.83. The molecule has 0 saturated heterocycles. The van der Waals surface area contributed by atoms with Gasteiger partial charge in [-0.3, -0.25) is 0 Å². The normalized spacial score (nSPS) is 24.9. The monoisotopic (exact) mass is 442 g/mol. The topological polar surface area (TPSA) is 0 Å². The Balaban J connectivity index is 1.34. The first-order chi connectivity index (χ1) is 16.1. The molecule has 0 radical (unpaired) electrons. The van der Waals surface area contributed by atoms with Gasteiger partial charge >= 0.3 is 0 Å². The van der Waals surface area contributed by atoms with Crippen LogP contribution in [0.3, 0.4) is 0 Å². The molecular formula is C33H46. The first kappa shape index (κ1) is 24.3. The van der Waals surface area contributed by atoms with Crippen LogP contribution in [-0.4, -0.2) is 0 Å². The molecule has 0 heteroatoms. The Labute approximate surface area is 204 Å². The van der Waals surface area contributed by atoms with Gasteiger partial charge in [0.2, 0.25) is 0 Å². The number of hydrogen-bond acceptors (Lipinski definition) is 0. The van der Waals surface area contributed by atoms with Crippen molar-refractivity contribution in [1.82, 2.24) is 0 Å². The first-order valence-corrected chi connectivity index (χ1v) is 13.9. The molecule has 1 unspecified atom stereocenters. The molecule has 3 aliphatic carbocycles. The third-order valence-electron chi connectivity index (χ3n) is 8.77. The molecule has 1 saturated carbocycles. The number of hydrogen-bond donors (Lipinski definition) is 0. The van der Waals surface area contributed by atoms with Crippen LogP contribution in [0.15, 0.2) is 54.2 Å². The molecule has 0 aliphatic heterocycles. The third-order valence-corrected chi connectivity index (χ3v) is 8.77. The standard InChI is InChI=1S/C33H46/c1-5-6-7-11-24(2)22-30-14-10-15-32-26(4)31(25(3)23-33(30)32)21-18-27-16-19-29(20-17-27)28-12-8-9-13-28/h10,12,14-15,23,27,29,31H,2,4-9,11,13,16-22H2,1,3H3. The Kier molecular flexibility index (Phi) is 8.50. The van der Waals surface area contributed by atoms with Crippen molar-refractivity contribution >= 4 is 11.6 Å². The molecule has 0 amide bonds. The summed E-state index contributed by atoms with van der Waals surface area (Å²) in [5, 5.41) is 0. The first-order valence-electron chi connectivity index (χ1n) is 13.9. The predicted octanol–water partition coefficient (Wildman–Crippen LogP) is 10.1. The fraction of sp³-hybridized carbons (Fsp3) is 0.576. The average molecular weight is 443 g/mol. The van der Waals surface area contributed by atoms with Crippen LogP contribution in [0, 0.1) is 17.8 Å². The minimum absolute atomic E-state index is 0.524. The molecule has 0 bridgehead atoms. The van der Waals surface area contributed by atoms with Crippen molar-refractivity contribution < 1.29 is 0 Å². The van der Waals surface area contributed by atoms with Gasteiger partial charge in [-0.1, -0.05) is 80.0 Å². The molecule has 178 valence electrons. The maximum atomic E-state index is 4.63. The molecule has 0 heterocycles. The van der Waals surface area contributed by atoms with Crippen LogP contribution in [0.4, 0.5) is 0 Å². The molecule has 0 spiro atoms. The number of benzene rings is 1. The molecule has 1 atom stereocenters. The van der Waals surface area contributed by atoms with E-state index in [0.717, 1.165) is 24.7 Å². The van der Waals surface area contributed by atoms with Crippen LogP contribution < -0.4 is 0 Å². The van der Waals surface area contributed by atoms with Gasteiger partial charge in [0.25, 0.3) is 0 Å². The Morgan fingerprint density at radius 1 is 1.06 bits per heavy atom. The van der Waals surface area contributed by atoms with E-state index in [4.69, 9.17) is 0 Å². The van der Waals surface area contributed by atoms with Crippen LogP contribution in [0.1, 0.15) is 114 Å². The second-order valence-electron chi connectivity index (χ2n) is 11.2. The molecule has 1 aromatic rings. The predicted molar refractivity (Wildman–Crippen MR) is 146 cm³/mol. The van der Waals surface area contributed by atoms with Crippen LogP contribution in [-0.2, 0) is 6.42 Å². The number of rotatable bonds is 10. The van der Waals surface area contributed by atoms with Crippen molar-refractivity contribution in [3.8, 4) is 0 Å². The summed E-state index contributed by atoms with van der Waals surface area (Å²) in [5.74, 6) is 2.36. The summed E-state index contributed by atoms with van der Waals surface area (Å²) in [6.07, 6.45) is 23.5. The van der Waals surface area contributed by atoms with E-state index >= 15 is 0 Å². The van der Waals surface area contributed by atoms with E-state index in [2.05, 4.69) is 57.4 Å². The van der Waals surface area contributed by atoms with Gasteiger partial charge in [-0.05, 0) is 118 Å². The lowest BCUT2D eigenvalue weighted by Gasteiger charge is -2.32. The van der Waals surface area contributed by atoms with Crippen molar-refractivity contribution in [2.45, 2.75) is 104 Å². The van der Waals surface area contributed by atoms with E-state index in [1.54, 1.807) is 5.57 Å². The van der Waals surface area contributed by atoms with Gasteiger partial charge < -0.3 is 0 Å². The lowest BCUT2D eigenvalue weighted by molar-refractivity contribution is 0.277. The molecule has 3 aliphatic rings. The van der Waals surface area contributed by atoms with Gasteiger partial charge in [-0.2, -0.15) is 0 Å². The summed E-state index contributed by atoms with van der Waals surface area (Å²) < 4.78 is 0. The minimum atomic E-state index is 0.524. The van der Waals surface area contributed by atoms with E-state index in [9.17, 15) is 0 Å². The molecule has 1 aromatic carbocycles. The summed E-state index contributed by atoms with van der Waals surface area (Å²) in [5.41, 5.74) is 10.3. The molecule has 0 aromatic heterocycles. The zero-order chi connectivity index (χ0) is 23.2. The summed E-state index contributed by atoms with van der Waals surface area (Å²) in [6, 6.07) is 6.85. The molecule has 0 nitrogen and oxygen atoms in total. The number of unbranched alkanes of at least 4 members (excludes halogenated alkanes) is 2. The number of allylic oxidation sites excluding steroid dienone is 5. The van der Waals surface area contributed by atoms with Gasteiger partial charge in [-0.25, -0.2) is 0 Å². The van der Waals surface area contributed by atoms with E-state index in [1.165, 1.54) is 110 Å². The van der Waals surface area contributed by atoms with Crippen LogP contribution >= 0.6 is 0 Å². The second kappa shape index (κ2) is 11.5. The van der Waals surface area contributed by atoms with Crippen molar-refractivity contribution in [3.63, 3.8) is 0 Å². The van der Waals surface area contributed by atoms with Crippen molar-refractivity contribution in [2.24, 2.45) is 17.8 Å². The van der Waals surface area contributed by atoms with Crippen molar-refractivity contribution in [1.29, 1.82) is 0 Å². The van der Waals surface area contributed by atoms with Crippen molar-refractivity contribution in [2.75, 3.05) is 0 Å². The maximum Gasteiger partial charge on any atom is 0.00491 e. The average Bonchev–Trinajstić information content (AvgIpc) is 3.35. The third kappa shape index (κ3) is 6.00. The lowest BCUT2D eigenvalue weighted by Crippen LogP contribution is -2.18. The molecule has 1 fully saturated rings. The lowest BCUT2D eigenvalue weighted by atomic mass is 9.72. The van der Waals surface area contributed by atoms with E-state index in [-0.39, 0.29) is 0 Å². The Morgan fingerprint density at radius 3 is 2.61 bits per heavy atom. The number of fused-ring (bicyclic) bond motifs is 1. The van der Waals surface area contributed by atoms with Crippen molar-refractivity contribution in [3.05, 3.63) is 70.8 Å². The summed E-state index contributed by atoms with van der Waals surface area (Å²) >= 11 is 0. The fourth-order valence-electron chi connectivity index (χ4n) is 6.68. The van der Waals surface area contributed by atoms with Crippen LogP contribution in [0.2, 0.25) is 0 Å². The van der Waals surface area contributed by atoms with Gasteiger partial charge in [-0.15, -0.1) is 0 Å². The maximum absolute atomic E-state index is 4.63. The van der Waals surface area contributed by atoms with Gasteiger partial charge in [0.1, 0.15) is 0 Å². The van der Waals surface area contributed by atoms with Gasteiger partial charge in [0.05, 0.1) is 0 Å². The summed E-state index contributed by atoms with van der Waals surface area (Å²) in [7, 11) is 0. The Hall–Kier alpha value is -1.82. The quantitative estimate of drug-likeness (QED) is 0.250. The largest absolute Gasteiger partial charge is 0.0995 e. The van der Waals surface area contributed by atoms with E-state index < -0.39 is 0 Å². The molecular weight excluding hydrogens is 396 g/mol. The van der Waals surface area contributed by atoms with Crippen LogP contribution in [0.5, 0.6) is 0 Å². The summed E-state index contributed by atoms with van der Waals surface area (Å²) in [4.78, 5) is 0. The van der Waals surface area contributed by atoms with Gasteiger partial charge in [0.15, 0.2) is 0 Å². The highest BCUT2D eigenvalue weighted by Gasteiger charge is 2.28. The zero-order valence-electron chi connectivity index (χ0n) is 21.4. The molecule has 33 heavy (non-hydrogen) atoms. The highest BCUT2D eigenvalue weighted by atomic mass is 14.3. The SMILES string of the molecule is C=C(CCCCC)Cc1cccc2c1C=C(C)C(CCC1CCC(C3=CCCC3)CC1)C2=C. The van der Waals surface area contributed by atoms with Crippen LogP contribution in [0.25, 0.3) is 11.6 Å². The zero-order valence-corrected chi connectivity index (χ0v) is 21.4. The van der Waals surface area contributed by atoms with E-state index in [1.807, 2.05) is 0 Å². The van der Waals surface area contributed by atoms with E-state index in [0.29, 0.717) is 5.92 Å². The highest BCUT2D eigenvalue weighted by Crippen LogP contribution is 2.44. The Morgan fingerprint density at radius 2 is 1.88 bits per heavy atom.